The van der Waals surface area contributed by atoms with Crippen LogP contribution in [0.4, 0.5) is 0 Å². The molecule has 1 aromatic rings. The van der Waals surface area contributed by atoms with Crippen LogP contribution in [0.1, 0.15) is 0 Å². The summed E-state index contributed by atoms with van der Waals surface area (Å²) < 4.78 is 1.96. The Kier molecular flexibility index (Phi) is 2.91. The molecule has 5 heteroatoms. The second-order valence-corrected chi connectivity index (χ2v) is 11.2. The summed E-state index contributed by atoms with van der Waals surface area (Å²) in [5, 5.41) is 0. The minimum absolute atomic E-state index is 0.803. The molecule has 1 rings (SSSR count). The van der Waals surface area contributed by atoms with Crippen molar-refractivity contribution in [2.45, 2.75) is 4.21 Å². The Morgan fingerprint density at radius 2 is 2.10 bits per heavy atom. The molecular weight excluding hydrogens is 224 g/mol. The molecule has 1 heterocycles. The summed E-state index contributed by atoms with van der Waals surface area (Å²) in [5.74, 6) is 0. The van der Waals surface area contributed by atoms with Gasteiger partial charge in [0, 0.05) is 0 Å². The number of thiol groups is 2. The number of hydrogen-bond acceptors (Lipinski definition) is 3. The van der Waals surface area contributed by atoms with Gasteiger partial charge in [0.2, 0.25) is 0 Å². The van der Waals surface area contributed by atoms with Crippen LogP contribution >= 0.6 is 54.4 Å². The van der Waals surface area contributed by atoms with Gasteiger partial charge in [-0.05, 0) is 18.4 Å². The molecule has 0 saturated carbocycles. The summed E-state index contributed by atoms with van der Waals surface area (Å²) in [4.78, 5) is 0. The van der Waals surface area contributed by atoms with E-state index in [1.54, 1.807) is 11.3 Å². The zero-order chi connectivity index (χ0) is 7.78. The third-order valence-corrected chi connectivity index (χ3v) is 6.03. The average molecular weight is 231 g/mol. The molecular formula is C5H7ClS4. The molecule has 0 aliphatic rings. The van der Waals surface area contributed by atoms with Crippen molar-refractivity contribution in [2.24, 2.45) is 0 Å². The molecule has 0 atom stereocenters. The highest BCUT2D eigenvalue weighted by atomic mass is 35.5. The third-order valence-electron chi connectivity index (χ3n) is 0.930. The number of halogens is 1. The van der Waals surface area contributed by atoms with Crippen molar-refractivity contribution in [3.8, 4) is 0 Å². The second kappa shape index (κ2) is 3.19. The Labute approximate surface area is 80.9 Å². The SMILES string of the molecule is CS(S)(S)c1ccc(Cl)s1. The van der Waals surface area contributed by atoms with Gasteiger partial charge in [-0.3, -0.25) is 0 Å². The van der Waals surface area contributed by atoms with E-state index in [2.05, 4.69) is 23.3 Å². The van der Waals surface area contributed by atoms with E-state index in [-0.39, 0.29) is 0 Å². The maximum atomic E-state index is 5.73. The van der Waals surface area contributed by atoms with Crippen LogP contribution in [-0.2, 0) is 0 Å². The van der Waals surface area contributed by atoms with Crippen LogP contribution in [0, 0.1) is 0 Å². The molecule has 0 aliphatic heterocycles. The van der Waals surface area contributed by atoms with Gasteiger partial charge >= 0.3 is 0 Å². The first kappa shape index (κ1) is 9.13. The third kappa shape index (κ3) is 2.27. The Bertz CT molecular complexity index is 224. The Morgan fingerprint density at radius 1 is 1.50 bits per heavy atom. The van der Waals surface area contributed by atoms with Crippen LogP contribution in [0.2, 0.25) is 4.34 Å². The summed E-state index contributed by atoms with van der Waals surface area (Å²) in [6, 6.07) is 3.85. The van der Waals surface area contributed by atoms with Crippen LogP contribution in [0.25, 0.3) is 0 Å². The zero-order valence-corrected chi connectivity index (χ0v) is 9.42. The quantitative estimate of drug-likeness (QED) is 0.531. The summed E-state index contributed by atoms with van der Waals surface area (Å²) in [7, 11) is -1.16. The largest absolute Gasteiger partial charge is 0.117 e. The van der Waals surface area contributed by atoms with E-state index >= 15 is 0 Å². The lowest BCUT2D eigenvalue weighted by molar-refractivity contribution is 1.74. The first-order valence-electron chi connectivity index (χ1n) is 2.49. The number of hydrogen-bond donors (Lipinski definition) is 2. The average Bonchev–Trinajstić information content (AvgIpc) is 2.11. The van der Waals surface area contributed by atoms with Gasteiger partial charge in [0.15, 0.2) is 0 Å². The van der Waals surface area contributed by atoms with E-state index in [1.807, 2.05) is 18.4 Å². The van der Waals surface area contributed by atoms with Crippen molar-refractivity contribution in [1.82, 2.24) is 0 Å². The fourth-order valence-corrected chi connectivity index (χ4v) is 3.68. The number of rotatable bonds is 1. The molecule has 0 nitrogen and oxygen atoms in total. The summed E-state index contributed by atoms with van der Waals surface area (Å²) in [6.07, 6.45) is 2.00. The molecule has 0 saturated heterocycles. The smallest absolute Gasteiger partial charge is 0.0940 e. The van der Waals surface area contributed by atoms with Crippen molar-refractivity contribution in [3.63, 3.8) is 0 Å². The summed E-state index contributed by atoms with van der Waals surface area (Å²) >= 11 is 16.0. The zero-order valence-electron chi connectivity index (χ0n) is 5.24. The molecule has 1 aromatic heterocycles. The van der Waals surface area contributed by atoms with E-state index in [0.717, 1.165) is 8.55 Å². The molecule has 0 aromatic carbocycles. The van der Waals surface area contributed by atoms with Crippen LogP contribution in [0.5, 0.6) is 0 Å². The molecule has 10 heavy (non-hydrogen) atoms. The first-order valence-corrected chi connectivity index (χ1v) is 7.83. The molecule has 0 amide bonds. The number of thiophene rings is 1. The highest BCUT2D eigenvalue weighted by Crippen LogP contribution is 2.63. The van der Waals surface area contributed by atoms with Gasteiger partial charge in [0.25, 0.3) is 0 Å². The van der Waals surface area contributed by atoms with Crippen LogP contribution in [0.3, 0.4) is 0 Å². The molecule has 0 fully saturated rings. The minimum Gasteiger partial charge on any atom is -0.117 e. The van der Waals surface area contributed by atoms with E-state index < -0.39 is 8.09 Å². The monoisotopic (exact) mass is 230 g/mol. The van der Waals surface area contributed by atoms with E-state index in [0.29, 0.717) is 0 Å². The van der Waals surface area contributed by atoms with Gasteiger partial charge in [-0.15, -0.1) is 42.8 Å². The van der Waals surface area contributed by atoms with Crippen molar-refractivity contribution in [3.05, 3.63) is 16.5 Å². The molecule has 0 N–H and O–H groups in total. The molecule has 0 spiro atoms. The highest BCUT2D eigenvalue weighted by molar-refractivity contribution is 9.18. The lowest BCUT2D eigenvalue weighted by Gasteiger charge is -2.19. The summed E-state index contributed by atoms with van der Waals surface area (Å²) in [6.45, 7) is 0. The maximum Gasteiger partial charge on any atom is 0.0940 e. The van der Waals surface area contributed by atoms with Gasteiger partial charge in [-0.1, -0.05) is 11.6 Å². The van der Waals surface area contributed by atoms with Gasteiger partial charge in [-0.25, -0.2) is 0 Å². The van der Waals surface area contributed by atoms with Gasteiger partial charge in [0.05, 0.1) is 8.55 Å². The molecule has 58 valence electrons. The van der Waals surface area contributed by atoms with Gasteiger partial charge in [-0.2, -0.15) is 0 Å². The van der Waals surface area contributed by atoms with Crippen LogP contribution in [-0.4, -0.2) is 6.26 Å². The standard InChI is InChI=1S/C5H7ClS4/c1-10(7,8)5-3-2-4(6)9-5/h2-3,7-8H,1H3. The van der Waals surface area contributed by atoms with Crippen molar-refractivity contribution >= 4 is 54.4 Å². The van der Waals surface area contributed by atoms with Crippen molar-refractivity contribution in [1.29, 1.82) is 0 Å². The van der Waals surface area contributed by atoms with Crippen LogP contribution in [0.15, 0.2) is 16.3 Å². The lowest BCUT2D eigenvalue weighted by atomic mass is 10.7. The van der Waals surface area contributed by atoms with Crippen molar-refractivity contribution < 1.29 is 0 Å². The highest BCUT2D eigenvalue weighted by Gasteiger charge is 2.11. The van der Waals surface area contributed by atoms with E-state index in [9.17, 15) is 0 Å². The van der Waals surface area contributed by atoms with Crippen molar-refractivity contribution in [2.75, 3.05) is 6.26 Å². The fraction of sp³-hybridized carbons (Fsp3) is 0.200. The summed E-state index contributed by atoms with van der Waals surface area (Å²) in [5.41, 5.74) is 0. The normalized spacial score (nSPS) is 13.6. The Hall–Kier alpha value is 1.04. The molecule has 0 aliphatic carbocycles. The van der Waals surface area contributed by atoms with E-state index in [1.165, 1.54) is 0 Å². The van der Waals surface area contributed by atoms with Gasteiger partial charge in [0.1, 0.15) is 0 Å². The Morgan fingerprint density at radius 3 is 2.30 bits per heavy atom. The maximum absolute atomic E-state index is 5.73. The second-order valence-electron chi connectivity index (χ2n) is 1.89. The lowest BCUT2D eigenvalue weighted by Crippen LogP contribution is -1.71. The fourth-order valence-electron chi connectivity index (χ4n) is 0.506. The van der Waals surface area contributed by atoms with Crippen LogP contribution < -0.4 is 0 Å². The molecule has 0 unspecified atom stereocenters. The topological polar surface area (TPSA) is 0 Å². The predicted molar refractivity (Wildman–Crippen MR) is 59.1 cm³/mol. The molecule has 0 bridgehead atoms. The van der Waals surface area contributed by atoms with Gasteiger partial charge < -0.3 is 0 Å². The predicted octanol–water partition coefficient (Wildman–Crippen LogP) is 3.88. The van der Waals surface area contributed by atoms with E-state index in [4.69, 9.17) is 11.6 Å². The molecule has 0 radical (unpaired) electrons. The minimum atomic E-state index is -1.16. The first-order chi connectivity index (χ1) is 4.50. The Balaban J connectivity index is 2.96.